The standard InChI is InChI=1S/C29H33F3N2O4.C6H11NO2/c1-38-22-8-9-26-24(17-22)23(11-13-33-26)27(35)10-7-20-12-15-34(18-25(20)28(36)37)14-3-5-19-4-2-6-21(16-19)29(30,31)32;8-6(9)5-2-1-3-7-4-5/h2,4,6,8-9,11,13,16-17,20,25,27,35H,3,5,7,10,12,14-15,18H2,1H3,(H,36,37);5,7H,1-4H2,(H,8,9)/t20-,25+,27?;/m1./s1. The van der Waals surface area contributed by atoms with Crippen LogP contribution in [0.4, 0.5) is 13.2 Å². The number of fused-ring (bicyclic) bond motifs is 1. The molecule has 12 heteroatoms. The van der Waals surface area contributed by atoms with Gasteiger partial charge in [-0.25, -0.2) is 0 Å². The van der Waals surface area contributed by atoms with Crippen molar-refractivity contribution in [1.29, 1.82) is 0 Å². The molecule has 47 heavy (non-hydrogen) atoms. The topological polar surface area (TPSA) is 132 Å². The number of rotatable bonds is 11. The number of methoxy groups -OCH3 is 1. The van der Waals surface area contributed by atoms with Gasteiger partial charge in [0, 0.05) is 24.7 Å². The number of hydrogen-bond donors (Lipinski definition) is 4. The minimum atomic E-state index is -4.36. The van der Waals surface area contributed by atoms with E-state index in [4.69, 9.17) is 9.84 Å². The second-order valence-electron chi connectivity index (χ2n) is 12.4. The van der Waals surface area contributed by atoms with Crippen LogP contribution in [0, 0.1) is 17.8 Å². The molecule has 0 saturated carbocycles. The number of hydrogen-bond acceptors (Lipinski definition) is 7. The third-order valence-corrected chi connectivity index (χ3v) is 9.15. The number of benzene rings is 2. The molecule has 2 aliphatic rings. The third kappa shape index (κ3) is 10.4. The molecule has 3 aromatic rings. The van der Waals surface area contributed by atoms with E-state index in [1.54, 1.807) is 25.4 Å². The molecule has 2 fully saturated rings. The maximum absolute atomic E-state index is 13.0. The van der Waals surface area contributed by atoms with Gasteiger partial charge in [0.2, 0.25) is 0 Å². The second kappa shape index (κ2) is 16.9. The molecule has 0 radical (unpaired) electrons. The summed E-state index contributed by atoms with van der Waals surface area (Å²) in [5, 5.41) is 33.2. The molecular formula is C35H44F3N3O6. The Balaban J connectivity index is 0.000000479. The Morgan fingerprint density at radius 3 is 2.57 bits per heavy atom. The highest BCUT2D eigenvalue weighted by molar-refractivity contribution is 5.83. The largest absolute Gasteiger partial charge is 0.497 e. The van der Waals surface area contributed by atoms with Gasteiger partial charge < -0.3 is 30.3 Å². The quantitative estimate of drug-likeness (QED) is 0.202. The number of ether oxygens (including phenoxy) is 1. The van der Waals surface area contributed by atoms with Crippen molar-refractivity contribution in [2.75, 3.05) is 39.8 Å². The van der Waals surface area contributed by atoms with E-state index < -0.39 is 35.7 Å². The van der Waals surface area contributed by atoms with Crippen LogP contribution in [0.25, 0.3) is 10.9 Å². The number of aliphatic carboxylic acids is 2. The van der Waals surface area contributed by atoms with Gasteiger partial charge in [-0.1, -0.05) is 18.2 Å². The van der Waals surface area contributed by atoms with Gasteiger partial charge in [-0.15, -0.1) is 0 Å². The first-order valence-electron chi connectivity index (χ1n) is 16.1. The van der Waals surface area contributed by atoms with Crippen LogP contribution in [-0.2, 0) is 22.2 Å². The van der Waals surface area contributed by atoms with Crippen molar-refractivity contribution in [3.63, 3.8) is 0 Å². The van der Waals surface area contributed by atoms with Crippen molar-refractivity contribution >= 4 is 22.8 Å². The van der Waals surface area contributed by atoms with Gasteiger partial charge >= 0.3 is 18.1 Å². The third-order valence-electron chi connectivity index (χ3n) is 9.15. The first-order valence-corrected chi connectivity index (χ1v) is 16.1. The molecule has 0 spiro atoms. The predicted octanol–water partition coefficient (Wildman–Crippen LogP) is 5.80. The number of likely N-dealkylation sites (tertiary alicyclic amines) is 1. The summed E-state index contributed by atoms with van der Waals surface area (Å²) in [5.74, 6) is -1.61. The Morgan fingerprint density at radius 2 is 1.91 bits per heavy atom. The first kappa shape index (κ1) is 36.1. The van der Waals surface area contributed by atoms with E-state index in [0.717, 1.165) is 48.5 Å². The van der Waals surface area contributed by atoms with Crippen molar-refractivity contribution in [3.05, 3.63) is 71.4 Å². The highest BCUT2D eigenvalue weighted by Gasteiger charge is 2.34. The van der Waals surface area contributed by atoms with Crippen LogP contribution in [0.3, 0.4) is 0 Å². The molecule has 0 bridgehead atoms. The SMILES string of the molecule is COc1ccc2nccc(C(O)CC[C@@H]3CCN(CCCc4cccc(C(F)(F)F)c4)C[C@@H]3C(=O)O)c2c1.O=C(O)C1CCCNC1. The van der Waals surface area contributed by atoms with E-state index in [0.29, 0.717) is 63.1 Å². The Labute approximate surface area is 272 Å². The summed E-state index contributed by atoms with van der Waals surface area (Å²) in [6.07, 6.45) is 1.21. The number of piperidine rings is 2. The molecule has 0 amide bonds. The smallest absolute Gasteiger partial charge is 0.416 e. The number of carboxylic acids is 2. The molecule has 5 rings (SSSR count). The number of aromatic nitrogens is 1. The number of carbonyl (C=O) groups is 2. The zero-order valence-corrected chi connectivity index (χ0v) is 26.6. The van der Waals surface area contributed by atoms with Crippen LogP contribution in [0.1, 0.15) is 61.3 Å². The minimum Gasteiger partial charge on any atom is -0.497 e. The minimum absolute atomic E-state index is 0.0653. The highest BCUT2D eigenvalue weighted by atomic mass is 19.4. The van der Waals surface area contributed by atoms with Gasteiger partial charge in [-0.2, -0.15) is 13.2 Å². The van der Waals surface area contributed by atoms with E-state index in [-0.39, 0.29) is 11.8 Å². The lowest BCUT2D eigenvalue weighted by molar-refractivity contribution is -0.146. The number of alkyl halides is 3. The number of aryl methyl sites for hydroxylation is 1. The van der Waals surface area contributed by atoms with Crippen LogP contribution in [-0.4, -0.2) is 77.0 Å². The molecule has 2 aromatic carbocycles. The molecular weight excluding hydrogens is 615 g/mol. The maximum atomic E-state index is 13.0. The Kier molecular flexibility index (Phi) is 13.0. The molecule has 3 heterocycles. The van der Waals surface area contributed by atoms with Crippen molar-refractivity contribution in [3.8, 4) is 5.75 Å². The van der Waals surface area contributed by atoms with Gasteiger partial charge in [0.25, 0.3) is 0 Å². The molecule has 9 nitrogen and oxygen atoms in total. The van der Waals surface area contributed by atoms with Crippen molar-refractivity contribution in [1.82, 2.24) is 15.2 Å². The van der Waals surface area contributed by atoms with Crippen LogP contribution in [0.15, 0.2) is 54.7 Å². The number of halogens is 3. The molecule has 1 aromatic heterocycles. The zero-order valence-electron chi connectivity index (χ0n) is 26.6. The summed E-state index contributed by atoms with van der Waals surface area (Å²) in [5.41, 5.74) is 1.47. The molecule has 2 saturated heterocycles. The van der Waals surface area contributed by atoms with Gasteiger partial charge in [0.1, 0.15) is 5.75 Å². The summed E-state index contributed by atoms with van der Waals surface area (Å²) in [6, 6.07) is 12.6. The summed E-state index contributed by atoms with van der Waals surface area (Å²) < 4.78 is 44.2. The monoisotopic (exact) mass is 659 g/mol. The maximum Gasteiger partial charge on any atom is 0.416 e. The van der Waals surface area contributed by atoms with Gasteiger partial charge in [-0.05, 0) is 112 Å². The molecule has 2 unspecified atom stereocenters. The Hall–Kier alpha value is -3.74. The normalized spacial score (nSPS) is 21.0. The van der Waals surface area contributed by atoms with Gasteiger partial charge in [0.15, 0.2) is 0 Å². The van der Waals surface area contributed by atoms with Crippen LogP contribution >= 0.6 is 0 Å². The first-order chi connectivity index (χ1) is 22.5. The molecule has 256 valence electrons. The lowest BCUT2D eigenvalue weighted by Gasteiger charge is -2.37. The van der Waals surface area contributed by atoms with Crippen LogP contribution in [0.5, 0.6) is 5.75 Å². The Bertz CT molecular complexity index is 1480. The van der Waals surface area contributed by atoms with E-state index in [9.17, 15) is 33.0 Å². The number of pyridine rings is 1. The van der Waals surface area contributed by atoms with Crippen LogP contribution in [0.2, 0.25) is 0 Å². The van der Waals surface area contributed by atoms with Crippen molar-refractivity contribution in [2.45, 2.75) is 57.2 Å². The lowest BCUT2D eigenvalue weighted by Crippen LogP contribution is -2.44. The fraction of sp³-hybridized carbons (Fsp3) is 0.514. The lowest BCUT2D eigenvalue weighted by atomic mass is 9.81. The number of aliphatic hydroxyl groups excluding tert-OH is 1. The fourth-order valence-electron chi connectivity index (χ4n) is 6.46. The van der Waals surface area contributed by atoms with E-state index in [1.807, 2.05) is 18.2 Å². The van der Waals surface area contributed by atoms with E-state index in [1.165, 1.54) is 12.1 Å². The van der Waals surface area contributed by atoms with Crippen LogP contribution < -0.4 is 10.1 Å². The zero-order chi connectivity index (χ0) is 34.0. The Morgan fingerprint density at radius 1 is 1.11 bits per heavy atom. The number of nitrogens with one attached hydrogen (secondary N) is 1. The molecule has 4 atom stereocenters. The summed E-state index contributed by atoms with van der Waals surface area (Å²) in [7, 11) is 1.58. The van der Waals surface area contributed by atoms with Gasteiger partial charge in [0.05, 0.1) is 36.1 Å². The summed E-state index contributed by atoms with van der Waals surface area (Å²) >= 11 is 0. The van der Waals surface area contributed by atoms with E-state index in [2.05, 4.69) is 15.2 Å². The summed E-state index contributed by atoms with van der Waals surface area (Å²) in [6.45, 7) is 3.37. The van der Waals surface area contributed by atoms with Crippen molar-refractivity contribution in [2.24, 2.45) is 17.8 Å². The number of carboxylic acid groups (broad SMARTS) is 2. The molecule has 4 N–H and O–H groups in total. The molecule has 0 aliphatic carbocycles. The number of aliphatic hydroxyl groups is 1. The fourth-order valence-corrected chi connectivity index (χ4v) is 6.46. The summed E-state index contributed by atoms with van der Waals surface area (Å²) in [4.78, 5) is 28.8. The number of nitrogens with zero attached hydrogens (tertiary/aromatic N) is 2. The average molecular weight is 660 g/mol. The predicted molar refractivity (Wildman–Crippen MR) is 171 cm³/mol. The van der Waals surface area contributed by atoms with E-state index >= 15 is 0 Å². The van der Waals surface area contributed by atoms with Gasteiger partial charge in [-0.3, -0.25) is 14.6 Å². The molecule has 2 aliphatic heterocycles. The highest BCUT2D eigenvalue weighted by Crippen LogP contribution is 2.34. The van der Waals surface area contributed by atoms with Crippen molar-refractivity contribution < 1.29 is 42.8 Å². The second-order valence-corrected chi connectivity index (χ2v) is 12.4. The average Bonchev–Trinajstić information content (AvgIpc) is 3.07.